The van der Waals surface area contributed by atoms with Gasteiger partial charge in [0.1, 0.15) is 5.82 Å². The molecule has 3 aromatic rings. The first kappa shape index (κ1) is 12.5. The molecule has 100 valence electrons. The highest BCUT2D eigenvalue weighted by molar-refractivity contribution is 5.94. The molecule has 0 saturated carbocycles. The number of pyridine rings is 2. The Morgan fingerprint density at radius 1 is 1.20 bits per heavy atom. The molecule has 2 N–H and O–H groups in total. The second kappa shape index (κ2) is 4.89. The third-order valence-electron chi connectivity index (χ3n) is 3.35. The van der Waals surface area contributed by atoms with Crippen molar-refractivity contribution < 1.29 is 4.39 Å². The number of anilines is 1. The lowest BCUT2D eigenvalue weighted by molar-refractivity contribution is 0.629. The van der Waals surface area contributed by atoms with E-state index in [0.717, 1.165) is 28.8 Å². The van der Waals surface area contributed by atoms with Crippen molar-refractivity contribution in [1.82, 2.24) is 9.97 Å². The molecular weight excluding hydrogens is 253 g/mol. The van der Waals surface area contributed by atoms with E-state index in [9.17, 15) is 4.39 Å². The first-order valence-electron chi connectivity index (χ1n) is 6.49. The molecule has 20 heavy (non-hydrogen) atoms. The molecule has 3 rings (SSSR count). The standard InChI is InChI=1S/C16H14FN3/c1-2-11-15(18)12-7-6-10(17)9-14(12)20-16(11)13-5-3-4-8-19-13/h3-9H,2H2,1H3,(H2,18,20). The molecule has 4 heteroatoms. The van der Waals surface area contributed by atoms with E-state index in [1.54, 1.807) is 12.3 Å². The monoisotopic (exact) mass is 267 g/mol. The van der Waals surface area contributed by atoms with Crippen molar-refractivity contribution in [1.29, 1.82) is 0 Å². The highest BCUT2D eigenvalue weighted by atomic mass is 19.1. The van der Waals surface area contributed by atoms with Gasteiger partial charge in [-0.05, 0) is 30.7 Å². The van der Waals surface area contributed by atoms with Crippen molar-refractivity contribution in [2.75, 3.05) is 5.73 Å². The summed E-state index contributed by atoms with van der Waals surface area (Å²) in [5.74, 6) is -0.319. The quantitative estimate of drug-likeness (QED) is 0.772. The largest absolute Gasteiger partial charge is 0.398 e. The Balaban J connectivity index is 2.36. The Bertz CT molecular complexity index is 770. The van der Waals surface area contributed by atoms with E-state index in [2.05, 4.69) is 9.97 Å². The van der Waals surface area contributed by atoms with E-state index < -0.39 is 0 Å². The van der Waals surface area contributed by atoms with Crippen molar-refractivity contribution in [3.8, 4) is 11.4 Å². The molecule has 0 fully saturated rings. The molecule has 0 atom stereocenters. The van der Waals surface area contributed by atoms with Crippen LogP contribution in [0.2, 0.25) is 0 Å². The molecule has 2 heterocycles. The molecule has 2 aromatic heterocycles. The maximum Gasteiger partial charge on any atom is 0.125 e. The van der Waals surface area contributed by atoms with Gasteiger partial charge in [-0.2, -0.15) is 0 Å². The summed E-state index contributed by atoms with van der Waals surface area (Å²) in [6.07, 6.45) is 2.46. The summed E-state index contributed by atoms with van der Waals surface area (Å²) in [5, 5.41) is 0.780. The topological polar surface area (TPSA) is 51.8 Å². The van der Waals surface area contributed by atoms with E-state index in [1.807, 2.05) is 25.1 Å². The Labute approximate surface area is 116 Å². The minimum atomic E-state index is -0.319. The molecule has 0 aliphatic carbocycles. The Morgan fingerprint density at radius 2 is 2.05 bits per heavy atom. The molecule has 3 nitrogen and oxygen atoms in total. The van der Waals surface area contributed by atoms with Crippen LogP contribution in [0.3, 0.4) is 0 Å². The average molecular weight is 267 g/mol. The molecular formula is C16H14FN3. The number of halogens is 1. The van der Waals surface area contributed by atoms with Gasteiger partial charge in [0.2, 0.25) is 0 Å². The summed E-state index contributed by atoms with van der Waals surface area (Å²) in [6.45, 7) is 2.02. The van der Waals surface area contributed by atoms with Crippen LogP contribution in [0.4, 0.5) is 10.1 Å². The normalized spacial score (nSPS) is 10.9. The fourth-order valence-corrected chi connectivity index (χ4v) is 2.38. The zero-order valence-corrected chi connectivity index (χ0v) is 11.1. The summed E-state index contributed by atoms with van der Waals surface area (Å²) < 4.78 is 13.4. The molecule has 0 aliphatic heterocycles. The molecule has 0 amide bonds. The van der Waals surface area contributed by atoms with Crippen LogP contribution in [0.5, 0.6) is 0 Å². The first-order valence-corrected chi connectivity index (χ1v) is 6.49. The van der Waals surface area contributed by atoms with Crippen LogP contribution >= 0.6 is 0 Å². The summed E-state index contributed by atoms with van der Waals surface area (Å²) in [5.41, 5.74) is 9.86. The number of fused-ring (bicyclic) bond motifs is 1. The first-order chi connectivity index (χ1) is 9.70. The highest BCUT2D eigenvalue weighted by Crippen LogP contribution is 2.31. The third-order valence-corrected chi connectivity index (χ3v) is 3.35. The molecule has 1 aromatic carbocycles. The SMILES string of the molecule is CCc1c(-c2ccccn2)nc2cc(F)ccc2c1N. The van der Waals surface area contributed by atoms with E-state index >= 15 is 0 Å². The van der Waals surface area contributed by atoms with E-state index in [-0.39, 0.29) is 5.82 Å². The fraction of sp³-hybridized carbons (Fsp3) is 0.125. The van der Waals surface area contributed by atoms with Gasteiger partial charge in [0, 0.05) is 28.9 Å². The summed E-state index contributed by atoms with van der Waals surface area (Å²) in [6, 6.07) is 10.1. The van der Waals surface area contributed by atoms with Gasteiger partial charge < -0.3 is 5.73 Å². The summed E-state index contributed by atoms with van der Waals surface area (Å²) in [7, 11) is 0. The average Bonchev–Trinajstić information content (AvgIpc) is 2.47. The Hall–Kier alpha value is -2.49. The zero-order chi connectivity index (χ0) is 14.1. The molecule has 0 bridgehead atoms. The molecule has 0 radical (unpaired) electrons. The van der Waals surface area contributed by atoms with Crippen molar-refractivity contribution in [3.63, 3.8) is 0 Å². The smallest absolute Gasteiger partial charge is 0.125 e. The summed E-state index contributed by atoms with van der Waals surface area (Å²) in [4.78, 5) is 8.87. The van der Waals surface area contributed by atoms with Crippen LogP contribution in [0.25, 0.3) is 22.3 Å². The Kier molecular flexibility index (Phi) is 3.06. The minimum absolute atomic E-state index is 0.319. The van der Waals surface area contributed by atoms with Gasteiger partial charge >= 0.3 is 0 Å². The van der Waals surface area contributed by atoms with E-state index in [0.29, 0.717) is 11.2 Å². The fourth-order valence-electron chi connectivity index (χ4n) is 2.38. The number of nitrogens with zero attached hydrogens (tertiary/aromatic N) is 2. The van der Waals surface area contributed by atoms with Crippen molar-refractivity contribution in [2.45, 2.75) is 13.3 Å². The van der Waals surface area contributed by atoms with Crippen molar-refractivity contribution >= 4 is 16.6 Å². The number of hydrogen-bond acceptors (Lipinski definition) is 3. The number of benzene rings is 1. The van der Waals surface area contributed by atoms with Crippen molar-refractivity contribution in [3.05, 3.63) is 54.0 Å². The van der Waals surface area contributed by atoms with Gasteiger partial charge in [-0.25, -0.2) is 9.37 Å². The number of nitrogen functional groups attached to an aromatic ring is 1. The van der Waals surface area contributed by atoms with Crippen LogP contribution in [0.15, 0.2) is 42.6 Å². The predicted molar refractivity (Wildman–Crippen MR) is 78.7 cm³/mol. The van der Waals surface area contributed by atoms with E-state index in [1.165, 1.54) is 12.1 Å². The van der Waals surface area contributed by atoms with Gasteiger partial charge in [0.05, 0.1) is 16.9 Å². The van der Waals surface area contributed by atoms with E-state index in [4.69, 9.17) is 5.73 Å². The van der Waals surface area contributed by atoms with Crippen LogP contribution in [-0.2, 0) is 6.42 Å². The lowest BCUT2D eigenvalue weighted by Gasteiger charge is -2.12. The number of rotatable bonds is 2. The lowest BCUT2D eigenvalue weighted by Crippen LogP contribution is -2.02. The Morgan fingerprint density at radius 3 is 2.75 bits per heavy atom. The zero-order valence-electron chi connectivity index (χ0n) is 11.1. The van der Waals surface area contributed by atoms with Gasteiger partial charge in [0.25, 0.3) is 0 Å². The third kappa shape index (κ3) is 1.99. The number of nitrogens with two attached hydrogens (primary N) is 1. The van der Waals surface area contributed by atoms with Crippen LogP contribution in [0, 0.1) is 5.82 Å². The van der Waals surface area contributed by atoms with Gasteiger partial charge in [0.15, 0.2) is 0 Å². The second-order valence-corrected chi connectivity index (χ2v) is 4.58. The lowest BCUT2D eigenvalue weighted by atomic mass is 10.0. The van der Waals surface area contributed by atoms with Crippen LogP contribution in [0.1, 0.15) is 12.5 Å². The molecule has 0 spiro atoms. The molecule has 0 aliphatic rings. The highest BCUT2D eigenvalue weighted by Gasteiger charge is 2.14. The maximum absolute atomic E-state index is 13.4. The van der Waals surface area contributed by atoms with Gasteiger partial charge in [-0.3, -0.25) is 4.98 Å². The summed E-state index contributed by atoms with van der Waals surface area (Å²) >= 11 is 0. The predicted octanol–water partition coefficient (Wildman–Crippen LogP) is 3.58. The minimum Gasteiger partial charge on any atom is -0.398 e. The van der Waals surface area contributed by atoms with Gasteiger partial charge in [-0.15, -0.1) is 0 Å². The second-order valence-electron chi connectivity index (χ2n) is 4.58. The van der Waals surface area contributed by atoms with Crippen LogP contribution < -0.4 is 5.73 Å². The van der Waals surface area contributed by atoms with Gasteiger partial charge in [-0.1, -0.05) is 13.0 Å². The number of hydrogen-bond donors (Lipinski definition) is 1. The number of aromatic nitrogens is 2. The van der Waals surface area contributed by atoms with Crippen LogP contribution in [-0.4, -0.2) is 9.97 Å². The maximum atomic E-state index is 13.4. The van der Waals surface area contributed by atoms with Crippen molar-refractivity contribution in [2.24, 2.45) is 0 Å². The molecule has 0 saturated heterocycles. The molecule has 0 unspecified atom stereocenters.